The van der Waals surface area contributed by atoms with Gasteiger partial charge in [0, 0.05) is 30.8 Å². The number of aliphatic hydroxyl groups is 6. The summed E-state index contributed by atoms with van der Waals surface area (Å²) in [4.78, 5) is 20.6. The van der Waals surface area contributed by atoms with Crippen molar-refractivity contribution in [1.82, 2.24) is 5.32 Å². The molecule has 9 rings (SSSR count). The van der Waals surface area contributed by atoms with Gasteiger partial charge in [0.2, 0.25) is 0 Å². The molecule has 2 aliphatic heterocycles. The van der Waals surface area contributed by atoms with Crippen LogP contribution in [0.15, 0.2) is 17.1 Å². The van der Waals surface area contributed by atoms with Gasteiger partial charge in [-0.3, -0.25) is 9.79 Å². The first kappa shape index (κ1) is 38.2. The van der Waals surface area contributed by atoms with E-state index in [0.717, 1.165) is 19.4 Å². The molecule has 3 spiro atoms. The molecule has 9 aliphatic rings. The second-order valence-corrected chi connectivity index (χ2v) is 19.3. The lowest BCUT2D eigenvalue weighted by atomic mass is 9.33. The zero-order valence-corrected chi connectivity index (χ0v) is 32.0. The van der Waals surface area contributed by atoms with Gasteiger partial charge in [0.05, 0.1) is 59.5 Å². The molecule has 0 aromatic carbocycles. The third-order valence-electron chi connectivity index (χ3n) is 16.7. The fraction of sp³-hybridized carbons (Fsp3) is 0.857. The fourth-order valence-corrected chi connectivity index (χ4v) is 13.9. The summed E-state index contributed by atoms with van der Waals surface area (Å²) in [6.45, 7) is 8.68. The molecule has 11 nitrogen and oxygen atoms in total. The lowest BCUT2D eigenvalue weighted by Crippen LogP contribution is -2.76. The van der Waals surface area contributed by atoms with Gasteiger partial charge in [-0.15, -0.1) is 11.8 Å². The van der Waals surface area contributed by atoms with Crippen LogP contribution in [-0.4, -0.2) is 110 Å². The molecule has 19 atom stereocenters. The molecule has 11 heteroatoms. The average Bonchev–Trinajstić information content (AvgIpc) is 3.55. The first-order valence-electron chi connectivity index (χ1n) is 20.5. The first-order valence-corrected chi connectivity index (χ1v) is 20.5. The predicted molar refractivity (Wildman–Crippen MR) is 198 cm³/mol. The summed E-state index contributed by atoms with van der Waals surface area (Å²) in [5.41, 5.74) is 0.335. The highest BCUT2D eigenvalue weighted by molar-refractivity contribution is 6.44. The van der Waals surface area contributed by atoms with Gasteiger partial charge in [0.25, 0.3) is 0 Å². The molecule has 0 amide bonds. The Hall–Kier alpha value is -1.72. The van der Waals surface area contributed by atoms with E-state index >= 15 is 4.79 Å². The Bertz CT molecular complexity index is 1580. The average molecular weight is 738 g/mol. The van der Waals surface area contributed by atoms with Crippen LogP contribution in [0.2, 0.25) is 0 Å². The summed E-state index contributed by atoms with van der Waals surface area (Å²) in [5, 5.41) is 75.7. The summed E-state index contributed by atoms with van der Waals surface area (Å²) >= 11 is 0. The zero-order valence-electron chi connectivity index (χ0n) is 32.0. The summed E-state index contributed by atoms with van der Waals surface area (Å²) in [6.07, 6.45) is 4.00. The molecule has 2 saturated heterocycles. The number of piperidine rings is 1. The maximum Gasteiger partial charge on any atom is 0.184 e. The van der Waals surface area contributed by atoms with Gasteiger partial charge in [-0.05, 0) is 119 Å². The molecule has 2 heterocycles. The molecule has 4 saturated carbocycles. The Labute approximate surface area is 314 Å². The lowest BCUT2D eigenvalue weighted by molar-refractivity contribution is -0.249. The molecule has 19 unspecified atom stereocenters. The smallest absolute Gasteiger partial charge is 0.184 e. The van der Waals surface area contributed by atoms with Crippen molar-refractivity contribution in [2.24, 2.45) is 74.3 Å². The van der Waals surface area contributed by atoms with E-state index in [0.29, 0.717) is 25.9 Å². The highest BCUT2D eigenvalue weighted by atomic mass is 16.5. The Kier molecular flexibility index (Phi) is 9.49. The molecule has 0 radical (unpaired) electrons. The number of ketones is 1. The molecular weight excluding hydrogens is 674 g/mol. The van der Waals surface area contributed by atoms with Gasteiger partial charge in [0.15, 0.2) is 5.78 Å². The number of aliphatic hydroxyl groups excluding tert-OH is 4. The number of carbonyl (C=O) groups excluding carboxylic acids is 1. The number of Topliss-reactive ketones (excluding diaryl/α,β-unsaturated/α-hetero) is 1. The number of nitrogens with zero attached hydrogens (tertiary/aromatic N) is 1. The van der Waals surface area contributed by atoms with E-state index < -0.39 is 69.8 Å². The Morgan fingerprint density at radius 2 is 1.74 bits per heavy atom. The number of aliphatic imine (C=N–C) groups is 1. The molecule has 6 bridgehead atoms. The minimum absolute atomic E-state index is 0.0145. The van der Waals surface area contributed by atoms with Crippen LogP contribution in [0.4, 0.5) is 0 Å². The van der Waals surface area contributed by atoms with Crippen molar-refractivity contribution in [3.8, 4) is 11.8 Å². The van der Waals surface area contributed by atoms with Crippen molar-refractivity contribution >= 4 is 11.5 Å². The van der Waals surface area contributed by atoms with Crippen LogP contribution < -0.4 is 11.1 Å². The number of nitrogens with one attached hydrogen (secondary N) is 1. The van der Waals surface area contributed by atoms with Gasteiger partial charge in [-0.25, -0.2) is 0 Å². The largest absolute Gasteiger partial charge is 0.391 e. The van der Waals surface area contributed by atoms with Crippen molar-refractivity contribution < 1.29 is 40.2 Å². The molecule has 294 valence electrons. The van der Waals surface area contributed by atoms with Crippen LogP contribution in [0.3, 0.4) is 0 Å². The molecule has 9 N–H and O–H groups in total. The predicted octanol–water partition coefficient (Wildman–Crippen LogP) is 1.70. The van der Waals surface area contributed by atoms with Gasteiger partial charge < -0.3 is 46.4 Å². The molecule has 53 heavy (non-hydrogen) atoms. The van der Waals surface area contributed by atoms with Crippen LogP contribution in [-0.2, 0) is 9.53 Å². The molecular formula is C42H63N3O8. The third-order valence-corrected chi connectivity index (χ3v) is 16.7. The van der Waals surface area contributed by atoms with Crippen molar-refractivity contribution in [2.75, 3.05) is 19.7 Å². The van der Waals surface area contributed by atoms with Crippen LogP contribution in [0, 0.1) is 75.4 Å². The van der Waals surface area contributed by atoms with Gasteiger partial charge in [0.1, 0.15) is 6.10 Å². The van der Waals surface area contributed by atoms with Crippen LogP contribution in [0.25, 0.3) is 0 Å². The summed E-state index contributed by atoms with van der Waals surface area (Å²) < 4.78 is 6.12. The number of fused-ring (bicyclic) bond motifs is 3. The van der Waals surface area contributed by atoms with Crippen LogP contribution in [0.5, 0.6) is 0 Å². The van der Waals surface area contributed by atoms with E-state index in [2.05, 4.69) is 36.2 Å². The minimum Gasteiger partial charge on any atom is -0.391 e. The Morgan fingerprint density at radius 3 is 2.42 bits per heavy atom. The van der Waals surface area contributed by atoms with E-state index in [1.165, 1.54) is 0 Å². The molecule has 0 aromatic heterocycles. The quantitative estimate of drug-likeness (QED) is 0.147. The number of rotatable bonds is 6. The summed E-state index contributed by atoms with van der Waals surface area (Å²) in [7, 11) is 0. The van der Waals surface area contributed by atoms with Crippen molar-refractivity contribution in [3.63, 3.8) is 0 Å². The number of ether oxygens (including phenoxy) is 1. The monoisotopic (exact) mass is 737 g/mol. The minimum atomic E-state index is -1.65. The van der Waals surface area contributed by atoms with E-state index in [4.69, 9.17) is 15.5 Å². The van der Waals surface area contributed by atoms with E-state index in [9.17, 15) is 30.6 Å². The van der Waals surface area contributed by atoms with Crippen molar-refractivity contribution in [3.05, 3.63) is 12.2 Å². The molecule has 6 fully saturated rings. The maximum atomic E-state index is 15.7. The van der Waals surface area contributed by atoms with E-state index in [1.54, 1.807) is 13.8 Å². The van der Waals surface area contributed by atoms with Crippen LogP contribution >= 0.6 is 0 Å². The molecule has 0 aromatic rings. The standard InChI is InChI=1S/C42H63N3O8/c1-22-21-53-35(24(22)3)37(50)38(4,51)30-11-14-42(52)33-32-26-8-7-25(27-9-10-31(43)44-20-27)15-41(32)18-29(48)28(47)17-40(41,13-6-5-12-39(30,42)16-26)36(49)34(33)45-19-23(2)46/h7-8,22-33,35,37,44,46-48,50-52H,9-21,43H2,1-4H3. The number of carbonyl (C=O) groups is 1. The van der Waals surface area contributed by atoms with Crippen molar-refractivity contribution in [1.29, 1.82) is 0 Å². The number of nitrogens with two attached hydrogens (primary N) is 1. The highest BCUT2D eigenvalue weighted by Crippen LogP contribution is 2.76. The number of hydrogen-bond donors (Lipinski definition) is 8. The van der Waals surface area contributed by atoms with Gasteiger partial charge in [-0.2, -0.15) is 0 Å². The second kappa shape index (κ2) is 13.2. The Morgan fingerprint density at radius 1 is 1.04 bits per heavy atom. The number of allylic oxidation sites excluding steroid dienone is 2. The van der Waals surface area contributed by atoms with Gasteiger partial charge >= 0.3 is 0 Å². The maximum absolute atomic E-state index is 15.7. The topological polar surface area (TPSA) is 198 Å². The summed E-state index contributed by atoms with van der Waals surface area (Å²) in [5.74, 6) is 5.34. The lowest BCUT2D eigenvalue weighted by Gasteiger charge is -2.70. The van der Waals surface area contributed by atoms with E-state index in [1.807, 2.05) is 6.92 Å². The summed E-state index contributed by atoms with van der Waals surface area (Å²) in [6, 6.07) is 0. The van der Waals surface area contributed by atoms with Crippen molar-refractivity contribution in [2.45, 2.75) is 140 Å². The highest BCUT2D eigenvalue weighted by Gasteiger charge is 2.80. The zero-order chi connectivity index (χ0) is 37.9. The van der Waals surface area contributed by atoms with E-state index in [-0.39, 0.29) is 91.8 Å². The van der Waals surface area contributed by atoms with Crippen LogP contribution in [0.1, 0.15) is 91.9 Å². The second-order valence-electron chi connectivity index (χ2n) is 19.3. The SMILES string of the molecule is CC(O)CN=C1C(=O)C23CC#CCC45CC6C=CC(C7CCC(N)NC7)CC2(CC(O)C(O)C3)C6C1C4(O)CCC5C(C)(O)C(O)C1OCC(C)C1C. The fourth-order valence-electron chi connectivity index (χ4n) is 13.9. The number of hydrogen-bond acceptors (Lipinski definition) is 11. The first-order chi connectivity index (χ1) is 25.0. The Balaban J connectivity index is 1.35. The normalized spacial score (nSPS) is 53.3. The third kappa shape index (κ3) is 5.33. The molecule has 7 aliphatic carbocycles. The van der Waals surface area contributed by atoms with Gasteiger partial charge in [-0.1, -0.05) is 26.0 Å².